The Bertz CT molecular complexity index is 69.4. The van der Waals surface area contributed by atoms with Crippen LogP contribution in [-0.2, 0) is 0 Å². The lowest BCUT2D eigenvalue weighted by Gasteiger charge is -2.15. The van der Waals surface area contributed by atoms with Gasteiger partial charge in [0.2, 0.25) is 0 Å². The fraction of sp³-hybridized carbons (Fsp3) is 1.00. The van der Waals surface area contributed by atoms with Crippen molar-refractivity contribution < 1.29 is 15.3 Å². The Morgan fingerprint density at radius 2 is 1.60 bits per heavy atom. The molecule has 0 aliphatic rings. The molecule has 4 heteroatoms. The minimum Gasteiger partial charge on any atom is -0.396 e. The summed E-state index contributed by atoms with van der Waals surface area (Å²) < 4.78 is 0. The van der Waals surface area contributed by atoms with Gasteiger partial charge < -0.3 is 21.1 Å². The number of aliphatic hydroxyl groups excluding tert-OH is 3. The van der Waals surface area contributed by atoms with Crippen molar-refractivity contribution in [2.24, 2.45) is 5.73 Å². The zero-order valence-electron chi connectivity index (χ0n) is 5.90. The molecule has 0 spiro atoms. The highest BCUT2D eigenvalue weighted by Crippen LogP contribution is 2.00. The molecule has 0 aliphatic carbocycles. The van der Waals surface area contributed by atoms with Crippen LogP contribution in [0.4, 0.5) is 0 Å². The molecule has 4 nitrogen and oxygen atoms in total. The molecule has 0 saturated carbocycles. The highest BCUT2D eigenvalue weighted by Gasteiger charge is 2.13. The maximum atomic E-state index is 9.01. The van der Waals surface area contributed by atoms with E-state index in [1.165, 1.54) is 0 Å². The Balaban J connectivity index is 3.38. The number of rotatable bonds is 5. The first-order valence-corrected chi connectivity index (χ1v) is 3.39. The molecule has 0 aromatic rings. The number of hydrogen-bond donors (Lipinski definition) is 4. The molecule has 2 unspecified atom stereocenters. The largest absolute Gasteiger partial charge is 0.396 e. The van der Waals surface area contributed by atoms with Crippen molar-refractivity contribution >= 4 is 0 Å². The van der Waals surface area contributed by atoms with Crippen LogP contribution in [-0.4, -0.2) is 40.7 Å². The van der Waals surface area contributed by atoms with E-state index in [0.717, 1.165) is 0 Å². The zero-order chi connectivity index (χ0) is 7.98. The molecular formula is C6H15NO3. The highest BCUT2D eigenvalue weighted by molar-refractivity contribution is 4.66. The quantitative estimate of drug-likeness (QED) is 0.381. The third-order valence-electron chi connectivity index (χ3n) is 1.33. The number of aliphatic hydroxyl groups is 3. The Morgan fingerprint density at radius 3 is 2.00 bits per heavy atom. The minimum absolute atomic E-state index is 0.108. The van der Waals surface area contributed by atoms with Crippen molar-refractivity contribution in [1.82, 2.24) is 0 Å². The van der Waals surface area contributed by atoms with Crippen LogP contribution in [0.15, 0.2) is 0 Å². The van der Waals surface area contributed by atoms with Gasteiger partial charge in [-0.1, -0.05) is 0 Å². The molecule has 0 aliphatic heterocycles. The second-order valence-electron chi connectivity index (χ2n) is 2.22. The SMILES string of the molecule is NCCC(O)C(O)CCO. The molecule has 0 aromatic carbocycles. The summed E-state index contributed by atoms with van der Waals surface area (Å²) in [5.74, 6) is 0. The van der Waals surface area contributed by atoms with Gasteiger partial charge in [0, 0.05) is 6.61 Å². The molecule has 0 saturated heterocycles. The van der Waals surface area contributed by atoms with E-state index >= 15 is 0 Å². The first kappa shape index (κ1) is 9.84. The summed E-state index contributed by atoms with van der Waals surface area (Å²) in [6.45, 7) is 0.243. The monoisotopic (exact) mass is 149 g/mol. The second-order valence-corrected chi connectivity index (χ2v) is 2.22. The maximum Gasteiger partial charge on any atom is 0.0821 e. The van der Waals surface area contributed by atoms with Crippen molar-refractivity contribution in [2.75, 3.05) is 13.2 Å². The maximum absolute atomic E-state index is 9.01. The van der Waals surface area contributed by atoms with Crippen LogP contribution >= 0.6 is 0 Å². The molecule has 0 fully saturated rings. The third-order valence-corrected chi connectivity index (χ3v) is 1.33. The molecule has 62 valence electrons. The molecular weight excluding hydrogens is 134 g/mol. The van der Waals surface area contributed by atoms with Crippen molar-refractivity contribution in [3.63, 3.8) is 0 Å². The lowest BCUT2D eigenvalue weighted by atomic mass is 10.1. The van der Waals surface area contributed by atoms with Gasteiger partial charge in [0.15, 0.2) is 0 Å². The van der Waals surface area contributed by atoms with E-state index in [9.17, 15) is 0 Å². The Morgan fingerprint density at radius 1 is 1.10 bits per heavy atom. The molecule has 0 bridgehead atoms. The Kier molecular flexibility index (Phi) is 5.52. The highest BCUT2D eigenvalue weighted by atomic mass is 16.3. The van der Waals surface area contributed by atoms with Gasteiger partial charge in [-0.05, 0) is 19.4 Å². The summed E-state index contributed by atoms with van der Waals surface area (Å²) in [5, 5.41) is 26.3. The first-order valence-electron chi connectivity index (χ1n) is 3.39. The molecule has 5 N–H and O–H groups in total. The van der Waals surface area contributed by atoms with Crippen molar-refractivity contribution in [1.29, 1.82) is 0 Å². The smallest absolute Gasteiger partial charge is 0.0821 e. The van der Waals surface area contributed by atoms with E-state index in [-0.39, 0.29) is 13.0 Å². The Labute approximate surface area is 60.3 Å². The summed E-state index contributed by atoms with van der Waals surface area (Å²) in [6.07, 6.45) is -1.05. The van der Waals surface area contributed by atoms with Crippen LogP contribution in [0.2, 0.25) is 0 Å². The zero-order valence-corrected chi connectivity index (χ0v) is 5.90. The van der Waals surface area contributed by atoms with Crippen molar-refractivity contribution in [2.45, 2.75) is 25.0 Å². The summed E-state index contributed by atoms with van der Waals surface area (Å²) >= 11 is 0. The third kappa shape index (κ3) is 3.79. The van der Waals surface area contributed by atoms with Gasteiger partial charge in [-0.2, -0.15) is 0 Å². The van der Waals surface area contributed by atoms with Crippen LogP contribution < -0.4 is 5.73 Å². The summed E-state index contributed by atoms with van der Waals surface area (Å²) in [7, 11) is 0. The molecule has 0 heterocycles. The van der Waals surface area contributed by atoms with E-state index < -0.39 is 12.2 Å². The van der Waals surface area contributed by atoms with Crippen LogP contribution in [0.1, 0.15) is 12.8 Å². The fourth-order valence-corrected chi connectivity index (χ4v) is 0.688. The topological polar surface area (TPSA) is 86.7 Å². The normalized spacial score (nSPS) is 16.8. The predicted molar refractivity (Wildman–Crippen MR) is 37.4 cm³/mol. The van der Waals surface area contributed by atoms with Gasteiger partial charge in [0.1, 0.15) is 0 Å². The fourth-order valence-electron chi connectivity index (χ4n) is 0.688. The lowest BCUT2D eigenvalue weighted by Crippen LogP contribution is -2.28. The van der Waals surface area contributed by atoms with E-state index in [1.807, 2.05) is 0 Å². The van der Waals surface area contributed by atoms with Crippen molar-refractivity contribution in [3.05, 3.63) is 0 Å². The van der Waals surface area contributed by atoms with Gasteiger partial charge in [0.25, 0.3) is 0 Å². The molecule has 0 radical (unpaired) electrons. The van der Waals surface area contributed by atoms with E-state index in [0.29, 0.717) is 13.0 Å². The predicted octanol–water partition coefficient (Wildman–Crippen LogP) is -1.56. The molecule has 2 atom stereocenters. The minimum atomic E-state index is -0.839. The van der Waals surface area contributed by atoms with Gasteiger partial charge in [0.05, 0.1) is 12.2 Å². The van der Waals surface area contributed by atoms with Crippen molar-refractivity contribution in [3.8, 4) is 0 Å². The lowest BCUT2D eigenvalue weighted by molar-refractivity contribution is 0.00254. The van der Waals surface area contributed by atoms with Gasteiger partial charge >= 0.3 is 0 Å². The van der Waals surface area contributed by atoms with E-state index in [4.69, 9.17) is 21.1 Å². The average molecular weight is 149 g/mol. The average Bonchev–Trinajstić information content (AvgIpc) is 1.89. The molecule has 0 rings (SSSR count). The van der Waals surface area contributed by atoms with E-state index in [2.05, 4.69) is 0 Å². The van der Waals surface area contributed by atoms with Gasteiger partial charge in [-0.3, -0.25) is 0 Å². The van der Waals surface area contributed by atoms with E-state index in [1.54, 1.807) is 0 Å². The molecule has 0 amide bonds. The second kappa shape index (κ2) is 5.61. The number of hydrogen-bond acceptors (Lipinski definition) is 4. The summed E-state index contributed by atoms with van der Waals surface area (Å²) in [6, 6.07) is 0. The Hall–Kier alpha value is -0.160. The van der Waals surface area contributed by atoms with Crippen LogP contribution in [0, 0.1) is 0 Å². The standard InChI is InChI=1S/C6H15NO3/c7-3-1-5(9)6(10)2-4-8/h5-6,8-10H,1-4,7H2. The van der Waals surface area contributed by atoms with Crippen LogP contribution in [0.3, 0.4) is 0 Å². The molecule has 10 heavy (non-hydrogen) atoms. The number of nitrogens with two attached hydrogens (primary N) is 1. The summed E-state index contributed by atoms with van der Waals surface area (Å²) in [5.41, 5.74) is 5.13. The summed E-state index contributed by atoms with van der Waals surface area (Å²) in [4.78, 5) is 0. The van der Waals surface area contributed by atoms with Gasteiger partial charge in [-0.15, -0.1) is 0 Å². The van der Waals surface area contributed by atoms with Gasteiger partial charge in [-0.25, -0.2) is 0 Å². The first-order chi connectivity index (χ1) is 4.72. The van der Waals surface area contributed by atoms with Crippen LogP contribution in [0.5, 0.6) is 0 Å². The molecule has 0 aromatic heterocycles. The van der Waals surface area contributed by atoms with Crippen LogP contribution in [0.25, 0.3) is 0 Å².